The normalized spacial score (nSPS) is 15.5. The second-order valence-electron chi connectivity index (χ2n) is 7.77. The number of amides is 1. The summed E-state index contributed by atoms with van der Waals surface area (Å²) in [5, 5.41) is 10.7. The largest absolute Gasteiger partial charge is 0.493 e. The Morgan fingerprint density at radius 1 is 1.16 bits per heavy atom. The summed E-state index contributed by atoms with van der Waals surface area (Å²) >= 11 is 16.9. The molecule has 0 aliphatic carbocycles. The SMILES string of the molecule is COc1cc(/C=C2\SC(=Nc3cccc(C(=O)O)c3)N(C)C2=O)c(Br)cc1OCc1ccc(Cl)cc1Cl. The molecular weight excluding hydrogens is 603 g/mol. The van der Waals surface area contributed by atoms with Gasteiger partial charge in [-0.3, -0.25) is 9.69 Å². The zero-order valence-electron chi connectivity index (χ0n) is 19.5. The maximum atomic E-state index is 12.9. The number of nitrogens with zero attached hydrogens (tertiary/aromatic N) is 2. The van der Waals surface area contributed by atoms with Crippen LogP contribution in [0.1, 0.15) is 21.5 Å². The maximum absolute atomic E-state index is 12.9. The Labute approximate surface area is 235 Å². The van der Waals surface area contributed by atoms with Crippen LogP contribution in [0.2, 0.25) is 10.0 Å². The highest BCUT2D eigenvalue weighted by atomic mass is 79.9. The number of carbonyl (C=O) groups is 2. The summed E-state index contributed by atoms with van der Waals surface area (Å²) in [6.45, 7) is 0.210. The molecule has 3 aromatic carbocycles. The Balaban J connectivity index is 1.58. The minimum absolute atomic E-state index is 0.117. The van der Waals surface area contributed by atoms with E-state index in [4.69, 9.17) is 32.7 Å². The number of aromatic carboxylic acids is 1. The van der Waals surface area contributed by atoms with Crippen LogP contribution in [0.4, 0.5) is 5.69 Å². The molecule has 0 radical (unpaired) electrons. The van der Waals surface area contributed by atoms with E-state index in [2.05, 4.69) is 20.9 Å². The van der Waals surface area contributed by atoms with E-state index in [0.717, 1.165) is 5.56 Å². The Morgan fingerprint density at radius 3 is 2.65 bits per heavy atom. The molecule has 0 unspecified atom stereocenters. The molecule has 0 aromatic heterocycles. The first kappa shape index (κ1) is 27.1. The number of benzene rings is 3. The Hall–Kier alpha value is -2.98. The number of thioether (sulfide) groups is 1. The number of hydrogen-bond donors (Lipinski definition) is 1. The standard InChI is InChI=1S/C26H19BrCl2N2O5S/c1-31-24(32)23(37-26(31)30-18-5-3-4-14(8-18)25(33)34)10-16-9-21(35-2)22(12-19(16)27)36-13-15-6-7-17(28)11-20(15)29/h3-12H,13H2,1-2H3,(H,33,34)/b23-10-,30-26?. The van der Waals surface area contributed by atoms with Crippen molar-refractivity contribution < 1.29 is 24.2 Å². The number of carboxylic acids is 1. The Bertz CT molecular complexity index is 1460. The third kappa shape index (κ3) is 6.30. The molecule has 1 heterocycles. The quantitative estimate of drug-likeness (QED) is 0.279. The van der Waals surface area contributed by atoms with Gasteiger partial charge < -0.3 is 14.6 Å². The Morgan fingerprint density at radius 2 is 1.95 bits per heavy atom. The number of ether oxygens (including phenoxy) is 2. The van der Waals surface area contributed by atoms with Gasteiger partial charge >= 0.3 is 5.97 Å². The summed E-state index contributed by atoms with van der Waals surface area (Å²) < 4.78 is 12.2. The molecule has 1 amide bonds. The second-order valence-corrected chi connectivity index (χ2v) is 10.5. The lowest BCUT2D eigenvalue weighted by molar-refractivity contribution is -0.121. The lowest BCUT2D eigenvalue weighted by Crippen LogP contribution is -2.23. The summed E-state index contributed by atoms with van der Waals surface area (Å²) in [6.07, 6.45) is 1.73. The molecule has 11 heteroatoms. The van der Waals surface area contributed by atoms with Crippen LogP contribution in [0.15, 0.2) is 69.0 Å². The van der Waals surface area contributed by atoms with E-state index in [-0.39, 0.29) is 18.1 Å². The van der Waals surface area contributed by atoms with E-state index in [1.165, 1.54) is 35.9 Å². The van der Waals surface area contributed by atoms with E-state index in [1.807, 2.05) is 0 Å². The first-order valence-electron chi connectivity index (χ1n) is 10.7. The smallest absolute Gasteiger partial charge is 0.335 e. The molecule has 1 aliphatic heterocycles. The first-order chi connectivity index (χ1) is 17.7. The van der Waals surface area contributed by atoms with Crippen LogP contribution in [0.3, 0.4) is 0 Å². The third-order valence-electron chi connectivity index (χ3n) is 5.29. The zero-order valence-corrected chi connectivity index (χ0v) is 23.4. The molecule has 37 heavy (non-hydrogen) atoms. The lowest BCUT2D eigenvalue weighted by atomic mass is 10.1. The van der Waals surface area contributed by atoms with Gasteiger partial charge in [0, 0.05) is 27.1 Å². The minimum Gasteiger partial charge on any atom is -0.493 e. The summed E-state index contributed by atoms with van der Waals surface area (Å²) in [4.78, 5) is 30.5. The van der Waals surface area contributed by atoms with Gasteiger partial charge in [0.2, 0.25) is 0 Å². The number of carbonyl (C=O) groups excluding carboxylic acids is 1. The molecular formula is C26H19BrCl2N2O5S. The number of aliphatic imine (C=N–C) groups is 1. The van der Waals surface area contributed by atoms with Crippen LogP contribution in [0, 0.1) is 0 Å². The van der Waals surface area contributed by atoms with Crippen molar-refractivity contribution in [2.24, 2.45) is 4.99 Å². The fourth-order valence-electron chi connectivity index (χ4n) is 3.34. The minimum atomic E-state index is -1.05. The maximum Gasteiger partial charge on any atom is 0.335 e. The molecule has 7 nitrogen and oxygen atoms in total. The van der Waals surface area contributed by atoms with Crippen LogP contribution < -0.4 is 9.47 Å². The van der Waals surface area contributed by atoms with Gasteiger partial charge in [0.15, 0.2) is 16.7 Å². The Kier molecular flexibility index (Phi) is 8.49. The van der Waals surface area contributed by atoms with Crippen LogP contribution in [0.5, 0.6) is 11.5 Å². The highest BCUT2D eigenvalue weighted by molar-refractivity contribution is 9.10. The van der Waals surface area contributed by atoms with Crippen molar-refractivity contribution in [3.8, 4) is 11.5 Å². The summed E-state index contributed by atoms with van der Waals surface area (Å²) in [7, 11) is 3.14. The molecule has 0 spiro atoms. The van der Waals surface area contributed by atoms with Gasteiger partial charge in [-0.25, -0.2) is 9.79 Å². The van der Waals surface area contributed by atoms with E-state index in [9.17, 15) is 14.7 Å². The monoisotopic (exact) mass is 620 g/mol. The van der Waals surface area contributed by atoms with E-state index < -0.39 is 5.97 Å². The molecule has 1 aliphatic rings. The molecule has 4 rings (SSSR count). The first-order valence-corrected chi connectivity index (χ1v) is 13.1. The molecule has 1 N–H and O–H groups in total. The van der Waals surface area contributed by atoms with Crippen molar-refractivity contribution in [2.75, 3.05) is 14.2 Å². The van der Waals surface area contributed by atoms with Crippen LogP contribution in [0.25, 0.3) is 6.08 Å². The van der Waals surface area contributed by atoms with Crippen molar-refractivity contribution in [3.63, 3.8) is 0 Å². The van der Waals surface area contributed by atoms with Crippen molar-refractivity contribution >= 4 is 79.7 Å². The number of hydrogen-bond acceptors (Lipinski definition) is 6. The second kappa shape index (κ2) is 11.6. The molecule has 3 aromatic rings. The van der Waals surface area contributed by atoms with Crippen LogP contribution in [-0.4, -0.2) is 41.2 Å². The summed E-state index contributed by atoms with van der Waals surface area (Å²) in [5.74, 6) is -0.315. The molecule has 1 fully saturated rings. The number of likely N-dealkylation sites (N-methyl/N-ethyl adjacent to an activating group) is 1. The number of amidine groups is 1. The highest BCUT2D eigenvalue weighted by Gasteiger charge is 2.30. The van der Waals surface area contributed by atoms with Gasteiger partial charge in [0.25, 0.3) is 5.91 Å². The molecule has 190 valence electrons. The topological polar surface area (TPSA) is 88.4 Å². The summed E-state index contributed by atoms with van der Waals surface area (Å²) in [5.41, 5.74) is 2.03. The predicted molar refractivity (Wildman–Crippen MR) is 150 cm³/mol. The van der Waals surface area contributed by atoms with Crippen molar-refractivity contribution in [2.45, 2.75) is 6.61 Å². The van der Waals surface area contributed by atoms with Crippen LogP contribution >= 0.6 is 50.9 Å². The van der Waals surface area contributed by atoms with E-state index in [0.29, 0.717) is 47.3 Å². The third-order valence-corrected chi connectivity index (χ3v) is 7.62. The fraction of sp³-hybridized carbons (Fsp3) is 0.115. The van der Waals surface area contributed by atoms with E-state index in [1.54, 1.807) is 55.6 Å². The number of halogens is 3. The number of carboxylic acid groups (broad SMARTS) is 1. The number of methoxy groups -OCH3 is 1. The average Bonchev–Trinajstić information content (AvgIpc) is 3.12. The average molecular weight is 622 g/mol. The molecule has 0 atom stereocenters. The number of rotatable bonds is 7. The van der Waals surface area contributed by atoms with Gasteiger partial charge in [-0.2, -0.15) is 0 Å². The zero-order chi connectivity index (χ0) is 26.7. The van der Waals surface area contributed by atoms with Crippen LogP contribution in [-0.2, 0) is 11.4 Å². The van der Waals surface area contributed by atoms with Gasteiger partial charge in [-0.05, 0) is 65.9 Å². The fourth-order valence-corrected chi connectivity index (χ4v) is 5.22. The molecule has 0 bridgehead atoms. The summed E-state index contributed by atoms with van der Waals surface area (Å²) in [6, 6.07) is 14.9. The van der Waals surface area contributed by atoms with Gasteiger partial charge in [0.1, 0.15) is 6.61 Å². The van der Waals surface area contributed by atoms with E-state index >= 15 is 0 Å². The van der Waals surface area contributed by atoms with Crippen molar-refractivity contribution in [1.29, 1.82) is 0 Å². The lowest BCUT2D eigenvalue weighted by Gasteiger charge is -2.14. The van der Waals surface area contributed by atoms with Gasteiger partial charge in [-0.1, -0.05) is 51.3 Å². The van der Waals surface area contributed by atoms with Crippen molar-refractivity contribution in [1.82, 2.24) is 4.90 Å². The predicted octanol–water partition coefficient (Wildman–Crippen LogP) is 7.28. The highest BCUT2D eigenvalue weighted by Crippen LogP contribution is 2.39. The molecule has 0 saturated carbocycles. The van der Waals surface area contributed by atoms with Gasteiger partial charge in [-0.15, -0.1) is 0 Å². The molecule has 1 saturated heterocycles. The van der Waals surface area contributed by atoms with Gasteiger partial charge in [0.05, 0.1) is 23.3 Å². The van der Waals surface area contributed by atoms with Crippen molar-refractivity contribution in [3.05, 3.63) is 90.7 Å².